The fraction of sp³-hybridized carbons (Fsp3) is 0.423. The number of amides is 2. The molecule has 4 heterocycles. The molecule has 2 fully saturated rings. The lowest BCUT2D eigenvalue weighted by Crippen LogP contribution is -2.40. The largest absolute Gasteiger partial charge is 0.332 e. The third-order valence-electron chi connectivity index (χ3n) is 7.76. The van der Waals surface area contributed by atoms with E-state index < -0.39 is 0 Å². The number of piperidine rings is 1. The fourth-order valence-corrected chi connectivity index (χ4v) is 5.92. The first-order chi connectivity index (χ1) is 16.2. The van der Waals surface area contributed by atoms with Gasteiger partial charge in [-0.05, 0) is 68.8 Å². The molecule has 33 heavy (non-hydrogen) atoms. The van der Waals surface area contributed by atoms with Gasteiger partial charge in [-0.3, -0.25) is 4.90 Å². The van der Waals surface area contributed by atoms with E-state index in [0.717, 1.165) is 42.8 Å². The smallest absolute Gasteiger partial charge is 0.326 e. The second kappa shape index (κ2) is 8.30. The van der Waals surface area contributed by atoms with Crippen molar-refractivity contribution >= 4 is 17.4 Å². The van der Waals surface area contributed by atoms with E-state index in [2.05, 4.69) is 39.7 Å². The Labute approximate surface area is 194 Å². The zero-order valence-electron chi connectivity index (χ0n) is 19.0. The van der Waals surface area contributed by atoms with Crippen LogP contribution in [0.3, 0.4) is 0 Å². The summed E-state index contributed by atoms with van der Waals surface area (Å²) in [6.45, 7) is 0.360. The number of aryl methyl sites for hydroxylation is 2. The van der Waals surface area contributed by atoms with Crippen LogP contribution in [0.4, 0.5) is 16.2 Å². The van der Waals surface area contributed by atoms with E-state index >= 15 is 0 Å². The minimum absolute atomic E-state index is 0.135. The lowest BCUT2D eigenvalue weighted by molar-refractivity contribution is 0.130. The maximum Gasteiger partial charge on any atom is 0.326 e. The van der Waals surface area contributed by atoms with Crippen molar-refractivity contribution in [2.75, 3.05) is 11.9 Å². The summed E-state index contributed by atoms with van der Waals surface area (Å²) >= 11 is 0. The number of aromatic nitrogens is 3. The number of anilines is 2. The second-order valence-corrected chi connectivity index (χ2v) is 9.62. The molecule has 3 aromatic rings. The van der Waals surface area contributed by atoms with Crippen molar-refractivity contribution < 1.29 is 4.79 Å². The molecule has 2 bridgehead atoms. The van der Waals surface area contributed by atoms with Crippen LogP contribution in [0.25, 0.3) is 0 Å². The molecule has 3 atom stereocenters. The van der Waals surface area contributed by atoms with Gasteiger partial charge in [-0.2, -0.15) is 0 Å². The van der Waals surface area contributed by atoms with Gasteiger partial charge in [0.1, 0.15) is 5.69 Å². The Morgan fingerprint density at radius 3 is 2.18 bits per heavy atom. The summed E-state index contributed by atoms with van der Waals surface area (Å²) in [5.41, 5.74) is 5.07. The maximum atomic E-state index is 13.4. The summed E-state index contributed by atoms with van der Waals surface area (Å²) in [5.74, 6) is 0. The Morgan fingerprint density at radius 2 is 1.55 bits per heavy atom. The first-order valence-electron chi connectivity index (χ1n) is 12.0. The lowest BCUT2D eigenvalue weighted by atomic mass is 9.98. The average molecular weight is 443 g/mol. The molecule has 1 N–H and O–H groups in total. The summed E-state index contributed by atoms with van der Waals surface area (Å²) in [6.07, 6.45) is 8.68. The van der Waals surface area contributed by atoms with Gasteiger partial charge < -0.3 is 10.2 Å². The minimum Gasteiger partial charge on any atom is -0.332 e. The highest BCUT2D eigenvalue weighted by Gasteiger charge is 2.39. The van der Waals surface area contributed by atoms with Gasteiger partial charge in [0.15, 0.2) is 0 Å². The number of hydrogen-bond donors (Lipinski definition) is 1. The van der Waals surface area contributed by atoms with Crippen molar-refractivity contribution in [2.45, 2.75) is 63.2 Å². The molecule has 2 saturated heterocycles. The van der Waals surface area contributed by atoms with Gasteiger partial charge in [0.25, 0.3) is 0 Å². The number of nitrogens with zero attached hydrogens (tertiary/aromatic N) is 5. The molecule has 2 aromatic carbocycles. The summed E-state index contributed by atoms with van der Waals surface area (Å²) < 4.78 is 2.02. The summed E-state index contributed by atoms with van der Waals surface area (Å²) in [7, 11) is 2.25. The van der Waals surface area contributed by atoms with Crippen LogP contribution in [0.15, 0.2) is 54.7 Å². The highest BCUT2D eigenvalue weighted by molar-refractivity contribution is 6.01. The Kier molecular flexibility index (Phi) is 5.14. The fourth-order valence-electron chi connectivity index (χ4n) is 5.92. The first kappa shape index (κ1) is 20.4. The van der Waals surface area contributed by atoms with Crippen molar-refractivity contribution in [1.29, 1.82) is 0 Å². The van der Waals surface area contributed by atoms with Crippen molar-refractivity contribution in [3.05, 3.63) is 71.5 Å². The van der Waals surface area contributed by atoms with Gasteiger partial charge in [0.05, 0.1) is 30.2 Å². The van der Waals surface area contributed by atoms with Crippen molar-refractivity contribution in [1.82, 2.24) is 25.2 Å². The van der Waals surface area contributed by atoms with Crippen molar-refractivity contribution in [2.24, 2.45) is 0 Å². The van der Waals surface area contributed by atoms with Crippen LogP contribution in [0.1, 0.15) is 48.5 Å². The molecule has 2 amide bonds. The van der Waals surface area contributed by atoms with Crippen LogP contribution in [-0.2, 0) is 19.4 Å². The first-order valence-corrected chi connectivity index (χ1v) is 12.0. The summed E-state index contributed by atoms with van der Waals surface area (Å²) in [5, 5.41) is 11.9. The number of rotatable bonds is 3. The molecule has 0 spiro atoms. The molecule has 0 radical (unpaired) electrons. The van der Waals surface area contributed by atoms with Crippen molar-refractivity contribution in [3.63, 3.8) is 0 Å². The Morgan fingerprint density at radius 1 is 0.939 bits per heavy atom. The van der Waals surface area contributed by atoms with E-state index in [4.69, 9.17) is 0 Å². The van der Waals surface area contributed by atoms with E-state index in [0.29, 0.717) is 24.7 Å². The third kappa shape index (κ3) is 3.70. The molecule has 0 aliphatic carbocycles. The molecular weight excluding hydrogens is 412 g/mol. The van der Waals surface area contributed by atoms with Crippen LogP contribution in [-0.4, -0.2) is 45.1 Å². The number of nitrogens with one attached hydrogen (secondary N) is 1. The second-order valence-electron chi connectivity index (χ2n) is 9.62. The summed E-state index contributed by atoms with van der Waals surface area (Å²) in [4.78, 5) is 17.8. The number of carbonyl (C=O) groups is 1. The van der Waals surface area contributed by atoms with Crippen LogP contribution < -0.4 is 10.2 Å². The van der Waals surface area contributed by atoms with Gasteiger partial charge in [-0.15, -0.1) is 5.10 Å². The predicted octanol–water partition coefficient (Wildman–Crippen LogP) is 4.22. The minimum atomic E-state index is -0.135. The Hall–Kier alpha value is -3.19. The molecule has 7 nitrogen and oxygen atoms in total. The Bertz CT molecular complexity index is 1110. The van der Waals surface area contributed by atoms with E-state index in [1.807, 2.05) is 52.2 Å². The molecule has 7 heteroatoms. The molecule has 3 aliphatic heterocycles. The molecule has 0 saturated carbocycles. The Balaban J connectivity index is 1.19. The van der Waals surface area contributed by atoms with Gasteiger partial charge in [0.2, 0.25) is 0 Å². The molecular formula is C26H30N6O. The van der Waals surface area contributed by atoms with Gasteiger partial charge in [-0.25, -0.2) is 9.48 Å². The predicted molar refractivity (Wildman–Crippen MR) is 128 cm³/mol. The number of hydrogen-bond acceptors (Lipinski definition) is 4. The van der Waals surface area contributed by atoms with E-state index in [-0.39, 0.29) is 6.03 Å². The lowest BCUT2D eigenvalue weighted by Gasteiger charge is -2.36. The van der Waals surface area contributed by atoms with Gasteiger partial charge in [-0.1, -0.05) is 41.6 Å². The van der Waals surface area contributed by atoms with E-state index in [1.54, 1.807) is 0 Å². The van der Waals surface area contributed by atoms with Crippen LogP contribution in [0.5, 0.6) is 0 Å². The maximum absolute atomic E-state index is 13.4. The molecule has 3 aliphatic rings. The third-order valence-corrected chi connectivity index (χ3v) is 7.76. The van der Waals surface area contributed by atoms with Crippen LogP contribution in [0.2, 0.25) is 0 Å². The number of urea groups is 1. The number of carbonyl (C=O) groups excluding carboxylic acids is 1. The quantitative estimate of drug-likeness (QED) is 0.660. The molecule has 170 valence electrons. The number of benzene rings is 2. The standard InChI is InChI=1S/C26H30N6O/c1-30-21-12-13-22(30)15-23(14-21)31-17-20(28-29-31)16-27-26(33)32-24-8-4-2-6-18(24)10-11-19-7-3-5-9-25(19)32/h2-9,17,21-23H,10-16H2,1H3,(H,27,33)/t21-,22+,23?. The van der Waals surface area contributed by atoms with Gasteiger partial charge in [0, 0.05) is 12.1 Å². The highest BCUT2D eigenvalue weighted by atomic mass is 16.2. The van der Waals surface area contributed by atoms with E-state index in [9.17, 15) is 4.79 Å². The molecule has 1 unspecified atom stereocenters. The molecule has 1 aromatic heterocycles. The zero-order valence-corrected chi connectivity index (χ0v) is 19.0. The highest BCUT2D eigenvalue weighted by Crippen LogP contribution is 2.39. The normalized spacial score (nSPS) is 24.2. The zero-order chi connectivity index (χ0) is 22.4. The average Bonchev–Trinajstić information content (AvgIpc) is 3.31. The monoisotopic (exact) mass is 442 g/mol. The SMILES string of the molecule is CN1[C@@H]2CC[C@H]1CC(n1cc(CNC(=O)N3c4ccccc4CCc4ccccc43)nn1)C2. The van der Waals surface area contributed by atoms with Crippen molar-refractivity contribution in [3.8, 4) is 0 Å². The van der Waals surface area contributed by atoms with E-state index in [1.165, 1.54) is 24.0 Å². The van der Waals surface area contributed by atoms with Gasteiger partial charge >= 0.3 is 6.03 Å². The van der Waals surface area contributed by atoms with Crippen LogP contribution in [0, 0.1) is 0 Å². The number of fused-ring (bicyclic) bond motifs is 4. The molecule has 6 rings (SSSR count). The van der Waals surface area contributed by atoms with Crippen LogP contribution >= 0.6 is 0 Å². The number of para-hydroxylation sites is 2. The topological polar surface area (TPSA) is 66.3 Å². The summed E-state index contributed by atoms with van der Waals surface area (Å²) in [6, 6.07) is 17.9.